The van der Waals surface area contributed by atoms with Gasteiger partial charge in [0.2, 0.25) is 9.84 Å². The van der Waals surface area contributed by atoms with Crippen LogP contribution in [0.3, 0.4) is 0 Å². The maximum atomic E-state index is 13.6. The first-order valence-corrected chi connectivity index (χ1v) is 14.9. The quantitative estimate of drug-likeness (QED) is 0.231. The summed E-state index contributed by atoms with van der Waals surface area (Å²) in [5.41, 5.74) is 1.83. The fourth-order valence-electron chi connectivity index (χ4n) is 4.66. The highest BCUT2D eigenvalue weighted by Crippen LogP contribution is 2.32. The van der Waals surface area contributed by atoms with Crippen LogP contribution in [0, 0.1) is 0 Å². The van der Waals surface area contributed by atoms with Gasteiger partial charge in [0.15, 0.2) is 10.5 Å². The number of rotatable bonds is 12. The Balaban J connectivity index is 1.40. The molecule has 0 amide bonds. The van der Waals surface area contributed by atoms with E-state index < -0.39 is 33.6 Å². The predicted octanol–water partition coefficient (Wildman–Crippen LogP) is 5.36. The van der Waals surface area contributed by atoms with E-state index in [1.165, 1.54) is 12.3 Å². The zero-order valence-corrected chi connectivity index (χ0v) is 22.9. The molecule has 4 aromatic rings. The van der Waals surface area contributed by atoms with Gasteiger partial charge in [-0.25, -0.2) is 13.4 Å². The summed E-state index contributed by atoms with van der Waals surface area (Å²) in [6.07, 6.45) is -0.252. The summed E-state index contributed by atoms with van der Waals surface area (Å²) in [4.78, 5) is 4.09. The van der Waals surface area contributed by atoms with Crippen molar-refractivity contribution in [3.05, 3.63) is 132 Å². The third kappa shape index (κ3) is 7.41. The molecule has 0 radical (unpaired) electrons. The average molecular weight is 560 g/mol. The molecule has 208 valence electrons. The molecular weight excluding hydrogens is 526 g/mol. The number of aromatic nitrogens is 1. The minimum Gasteiger partial charge on any atom is -0.374 e. The van der Waals surface area contributed by atoms with Crippen LogP contribution >= 0.6 is 0 Å². The first-order chi connectivity index (χ1) is 19.6. The maximum Gasteiger partial charge on any atom is 0.222 e. The minimum absolute atomic E-state index is 0.0329. The Labute approximate surface area is 235 Å². The summed E-state index contributed by atoms with van der Waals surface area (Å²) in [5, 5.41) is -0.0329. The molecule has 3 aromatic carbocycles. The second kappa shape index (κ2) is 13.8. The molecule has 0 N–H and O–H groups in total. The Morgan fingerprint density at radius 1 is 0.700 bits per heavy atom. The Hall–Kier alpha value is -3.40. The van der Waals surface area contributed by atoms with E-state index in [9.17, 15) is 8.42 Å². The summed E-state index contributed by atoms with van der Waals surface area (Å²) in [6, 6.07) is 34.2. The molecule has 8 heteroatoms. The summed E-state index contributed by atoms with van der Waals surface area (Å²) in [7, 11) is -3.90. The molecule has 1 aliphatic heterocycles. The topological polar surface area (TPSA) is 84.0 Å². The van der Waals surface area contributed by atoms with Crippen LogP contribution in [0.4, 0.5) is 0 Å². The Morgan fingerprint density at radius 2 is 1.25 bits per heavy atom. The highest BCUT2D eigenvalue weighted by Gasteiger charge is 2.46. The Morgan fingerprint density at radius 3 is 1.82 bits per heavy atom. The van der Waals surface area contributed by atoms with Gasteiger partial charge >= 0.3 is 0 Å². The molecule has 1 aliphatic rings. The SMILES string of the molecule is O=S(=O)(c1ccccn1)[C@H]1C[C@@H](OCc2ccccc2)[C@@H](OCc2ccccc2)[C@@H](COCc2ccccc2)O1. The average Bonchev–Trinajstić information content (AvgIpc) is 3.01. The minimum atomic E-state index is -3.90. The molecule has 1 aromatic heterocycles. The molecule has 4 atom stereocenters. The molecule has 0 spiro atoms. The molecular formula is C32H33NO6S. The first kappa shape index (κ1) is 28.1. The van der Waals surface area contributed by atoms with Crippen molar-refractivity contribution >= 4 is 9.84 Å². The van der Waals surface area contributed by atoms with Gasteiger partial charge < -0.3 is 18.9 Å². The molecule has 0 bridgehead atoms. The molecule has 1 saturated heterocycles. The van der Waals surface area contributed by atoms with E-state index in [1.807, 2.05) is 91.0 Å². The summed E-state index contributed by atoms with van der Waals surface area (Å²) < 4.78 is 52.3. The number of benzene rings is 3. The molecule has 0 unspecified atom stereocenters. The highest BCUT2D eigenvalue weighted by molar-refractivity contribution is 7.91. The van der Waals surface area contributed by atoms with E-state index >= 15 is 0 Å². The van der Waals surface area contributed by atoms with Crippen molar-refractivity contribution in [1.29, 1.82) is 0 Å². The highest BCUT2D eigenvalue weighted by atomic mass is 32.2. The van der Waals surface area contributed by atoms with E-state index in [1.54, 1.807) is 12.1 Å². The van der Waals surface area contributed by atoms with Gasteiger partial charge in [-0.2, -0.15) is 0 Å². The van der Waals surface area contributed by atoms with Crippen LogP contribution in [0.1, 0.15) is 23.1 Å². The van der Waals surface area contributed by atoms with Crippen molar-refractivity contribution in [2.75, 3.05) is 6.61 Å². The Bertz CT molecular complexity index is 1410. The largest absolute Gasteiger partial charge is 0.374 e. The standard InChI is InChI=1S/C32H33NO6S/c34-40(35,30-18-10-11-19-33-30)31-20-28(37-22-26-14-6-2-7-15-26)32(38-23-27-16-8-3-9-17-27)29(39-31)24-36-21-25-12-4-1-5-13-25/h1-19,28-29,31-32H,20-24H2/t28-,29-,31+,32-/m1/s1. The van der Waals surface area contributed by atoms with Crippen molar-refractivity contribution in [2.24, 2.45) is 0 Å². The van der Waals surface area contributed by atoms with Gasteiger partial charge in [-0.05, 0) is 28.8 Å². The number of nitrogens with zero attached hydrogens (tertiary/aromatic N) is 1. The summed E-state index contributed by atoms with van der Waals surface area (Å²) in [5.74, 6) is 0. The van der Waals surface area contributed by atoms with E-state index in [0.717, 1.165) is 16.7 Å². The fourth-order valence-corrected chi connectivity index (χ4v) is 6.14. The van der Waals surface area contributed by atoms with Crippen LogP contribution in [0.15, 0.2) is 120 Å². The van der Waals surface area contributed by atoms with E-state index in [4.69, 9.17) is 18.9 Å². The molecule has 2 heterocycles. The summed E-state index contributed by atoms with van der Waals surface area (Å²) >= 11 is 0. The number of hydrogen-bond donors (Lipinski definition) is 0. The van der Waals surface area contributed by atoms with Crippen LogP contribution in [-0.2, 0) is 48.6 Å². The third-order valence-corrected chi connectivity index (χ3v) is 8.57. The third-order valence-electron chi connectivity index (χ3n) is 6.75. The fraction of sp³-hybridized carbons (Fsp3) is 0.281. The van der Waals surface area contributed by atoms with Gasteiger partial charge in [-0.1, -0.05) is 97.1 Å². The predicted molar refractivity (Wildman–Crippen MR) is 151 cm³/mol. The smallest absolute Gasteiger partial charge is 0.222 e. The second-order valence-electron chi connectivity index (χ2n) is 9.65. The number of ether oxygens (including phenoxy) is 4. The number of hydrogen-bond acceptors (Lipinski definition) is 7. The Kier molecular flexibility index (Phi) is 9.70. The lowest BCUT2D eigenvalue weighted by atomic mass is 10.0. The lowest BCUT2D eigenvalue weighted by Gasteiger charge is -2.41. The van der Waals surface area contributed by atoms with Crippen molar-refractivity contribution in [2.45, 2.75) is 55.0 Å². The lowest BCUT2D eigenvalue weighted by molar-refractivity contribution is -0.205. The summed E-state index contributed by atoms with van der Waals surface area (Å²) in [6.45, 7) is 1.13. The van der Waals surface area contributed by atoms with E-state index in [0.29, 0.717) is 19.8 Å². The molecule has 40 heavy (non-hydrogen) atoms. The van der Waals surface area contributed by atoms with E-state index in [-0.39, 0.29) is 18.1 Å². The van der Waals surface area contributed by atoms with Crippen LogP contribution in [0.25, 0.3) is 0 Å². The van der Waals surface area contributed by atoms with Gasteiger partial charge in [0.25, 0.3) is 0 Å². The van der Waals surface area contributed by atoms with Crippen molar-refractivity contribution in [3.63, 3.8) is 0 Å². The van der Waals surface area contributed by atoms with Crippen LogP contribution in [0.2, 0.25) is 0 Å². The molecule has 0 aliphatic carbocycles. The van der Waals surface area contributed by atoms with Gasteiger partial charge in [0, 0.05) is 12.6 Å². The van der Waals surface area contributed by atoms with Gasteiger partial charge in [0.05, 0.1) is 32.5 Å². The van der Waals surface area contributed by atoms with Crippen molar-refractivity contribution in [1.82, 2.24) is 4.98 Å². The van der Waals surface area contributed by atoms with Gasteiger partial charge in [-0.3, -0.25) is 0 Å². The van der Waals surface area contributed by atoms with Gasteiger partial charge in [0.1, 0.15) is 12.2 Å². The monoisotopic (exact) mass is 559 g/mol. The van der Waals surface area contributed by atoms with Crippen molar-refractivity contribution < 1.29 is 27.4 Å². The van der Waals surface area contributed by atoms with Crippen LogP contribution < -0.4 is 0 Å². The zero-order valence-electron chi connectivity index (χ0n) is 22.1. The second-order valence-corrected chi connectivity index (χ2v) is 11.7. The molecule has 0 saturated carbocycles. The number of sulfone groups is 1. The van der Waals surface area contributed by atoms with Crippen LogP contribution in [0.5, 0.6) is 0 Å². The molecule has 1 fully saturated rings. The normalized spacial score (nSPS) is 21.2. The lowest BCUT2D eigenvalue weighted by Crippen LogP contribution is -2.54. The molecule has 5 rings (SSSR count). The maximum absolute atomic E-state index is 13.6. The first-order valence-electron chi connectivity index (χ1n) is 13.3. The van der Waals surface area contributed by atoms with E-state index in [2.05, 4.69) is 4.98 Å². The zero-order chi connectivity index (χ0) is 27.6. The number of pyridine rings is 1. The van der Waals surface area contributed by atoms with Crippen molar-refractivity contribution in [3.8, 4) is 0 Å². The van der Waals surface area contributed by atoms with Gasteiger partial charge in [-0.15, -0.1) is 0 Å². The van der Waals surface area contributed by atoms with Crippen LogP contribution in [-0.4, -0.2) is 43.8 Å². The molecule has 7 nitrogen and oxygen atoms in total.